The Morgan fingerprint density at radius 1 is 1.43 bits per heavy atom. The molecule has 3 heteroatoms. The average Bonchev–Trinajstić information content (AvgIpc) is 2.41. The van der Waals surface area contributed by atoms with Crippen LogP contribution >= 0.6 is 12.6 Å². The molecule has 0 bridgehead atoms. The number of hydrogen-bond donors (Lipinski definition) is 1. The zero-order valence-corrected chi connectivity index (χ0v) is 9.46. The van der Waals surface area contributed by atoms with Crippen LogP contribution in [-0.2, 0) is 9.47 Å². The van der Waals surface area contributed by atoms with Crippen LogP contribution in [0, 0.1) is 0 Å². The fraction of sp³-hybridized carbons (Fsp3) is 0.636. The van der Waals surface area contributed by atoms with Crippen molar-refractivity contribution < 1.29 is 9.47 Å². The van der Waals surface area contributed by atoms with Crippen molar-refractivity contribution in [1.82, 2.24) is 0 Å². The third-order valence-electron chi connectivity index (χ3n) is 2.51. The monoisotopic (exact) mass is 212 g/mol. The second kappa shape index (κ2) is 3.72. The molecule has 0 radical (unpaired) electrons. The Morgan fingerprint density at radius 2 is 2.21 bits per heavy atom. The second-order valence-electron chi connectivity index (χ2n) is 4.12. The largest absolute Gasteiger partial charge is 0.340 e. The van der Waals surface area contributed by atoms with Gasteiger partial charge in [-0.05, 0) is 31.6 Å². The van der Waals surface area contributed by atoms with Gasteiger partial charge in [-0.3, -0.25) is 0 Å². The van der Waals surface area contributed by atoms with E-state index < -0.39 is 5.79 Å². The number of fused-ring (bicyclic) bond motifs is 1. The van der Waals surface area contributed by atoms with Crippen molar-refractivity contribution in [3.05, 3.63) is 23.8 Å². The van der Waals surface area contributed by atoms with E-state index in [1.54, 1.807) is 0 Å². The lowest BCUT2D eigenvalue weighted by Gasteiger charge is -2.20. The van der Waals surface area contributed by atoms with Crippen LogP contribution < -0.4 is 0 Å². The summed E-state index contributed by atoms with van der Waals surface area (Å²) < 4.78 is 11.6. The maximum atomic E-state index is 5.84. The maximum absolute atomic E-state index is 5.84. The van der Waals surface area contributed by atoms with E-state index in [-0.39, 0.29) is 12.2 Å². The Morgan fingerprint density at radius 3 is 2.93 bits per heavy atom. The van der Waals surface area contributed by atoms with Crippen LogP contribution in [0.4, 0.5) is 0 Å². The summed E-state index contributed by atoms with van der Waals surface area (Å²) in [6.07, 6.45) is 7.37. The average molecular weight is 212 g/mol. The van der Waals surface area contributed by atoms with Crippen molar-refractivity contribution in [3.8, 4) is 0 Å². The standard InChI is InChI=1S/C11H16O2S/c1-11(2)12-9-5-3-4-8(6-7-14)10(9)13-11/h3-5,9-10,14H,6-7H2,1-2H3/t9-,10+/m0/s1. The van der Waals surface area contributed by atoms with Gasteiger partial charge in [0.25, 0.3) is 0 Å². The van der Waals surface area contributed by atoms with E-state index in [1.807, 2.05) is 19.9 Å². The lowest BCUT2D eigenvalue weighted by atomic mass is 9.97. The number of hydrogen-bond acceptors (Lipinski definition) is 3. The number of allylic oxidation sites excluding steroid dienone is 2. The van der Waals surface area contributed by atoms with Gasteiger partial charge in [-0.15, -0.1) is 0 Å². The predicted octanol–water partition coefficient (Wildman–Crippen LogP) is 2.32. The molecule has 0 unspecified atom stereocenters. The molecule has 2 aliphatic rings. The van der Waals surface area contributed by atoms with Gasteiger partial charge in [0.05, 0.1) is 0 Å². The van der Waals surface area contributed by atoms with E-state index in [4.69, 9.17) is 9.47 Å². The molecule has 1 aliphatic heterocycles. The SMILES string of the molecule is CC1(C)O[C@H]2C=CC=C(CCS)[C@H]2O1. The predicted molar refractivity (Wildman–Crippen MR) is 59.5 cm³/mol. The van der Waals surface area contributed by atoms with E-state index in [1.165, 1.54) is 5.57 Å². The number of rotatable bonds is 2. The summed E-state index contributed by atoms with van der Waals surface area (Å²) in [6, 6.07) is 0. The maximum Gasteiger partial charge on any atom is 0.164 e. The quantitative estimate of drug-likeness (QED) is 0.708. The fourth-order valence-corrected chi connectivity index (χ4v) is 2.21. The van der Waals surface area contributed by atoms with Crippen molar-refractivity contribution in [2.45, 2.75) is 38.3 Å². The molecule has 1 heterocycles. The van der Waals surface area contributed by atoms with E-state index in [0.29, 0.717) is 0 Å². The van der Waals surface area contributed by atoms with Gasteiger partial charge in [0.2, 0.25) is 0 Å². The molecule has 14 heavy (non-hydrogen) atoms. The van der Waals surface area contributed by atoms with E-state index in [0.717, 1.165) is 12.2 Å². The molecule has 0 spiro atoms. The van der Waals surface area contributed by atoms with Crippen LogP contribution in [0.1, 0.15) is 20.3 Å². The van der Waals surface area contributed by atoms with E-state index in [2.05, 4.69) is 24.8 Å². The van der Waals surface area contributed by atoms with Gasteiger partial charge in [-0.25, -0.2) is 0 Å². The molecule has 2 atom stereocenters. The van der Waals surface area contributed by atoms with Crippen LogP contribution in [0.25, 0.3) is 0 Å². The summed E-state index contributed by atoms with van der Waals surface area (Å²) in [5.41, 5.74) is 1.29. The minimum atomic E-state index is -0.459. The van der Waals surface area contributed by atoms with Crippen molar-refractivity contribution in [3.63, 3.8) is 0 Å². The lowest BCUT2D eigenvalue weighted by Crippen LogP contribution is -2.25. The van der Waals surface area contributed by atoms with Gasteiger partial charge in [0.1, 0.15) is 12.2 Å². The topological polar surface area (TPSA) is 18.5 Å². The van der Waals surface area contributed by atoms with Crippen LogP contribution in [0.15, 0.2) is 23.8 Å². The zero-order valence-electron chi connectivity index (χ0n) is 8.56. The minimum absolute atomic E-state index is 0.0879. The Hall–Kier alpha value is -0.250. The Balaban J connectivity index is 2.15. The molecular formula is C11H16O2S. The van der Waals surface area contributed by atoms with Gasteiger partial charge >= 0.3 is 0 Å². The molecule has 0 N–H and O–H groups in total. The summed E-state index contributed by atoms with van der Waals surface area (Å²) in [6.45, 7) is 3.91. The van der Waals surface area contributed by atoms with Gasteiger partial charge < -0.3 is 9.47 Å². The highest BCUT2D eigenvalue weighted by Gasteiger charge is 2.42. The highest BCUT2D eigenvalue weighted by molar-refractivity contribution is 7.80. The molecular weight excluding hydrogens is 196 g/mol. The number of thiol groups is 1. The normalized spacial score (nSPS) is 34.1. The molecule has 2 nitrogen and oxygen atoms in total. The van der Waals surface area contributed by atoms with Crippen molar-refractivity contribution in [2.75, 3.05) is 5.75 Å². The molecule has 0 aromatic heterocycles. The van der Waals surface area contributed by atoms with Crippen molar-refractivity contribution in [1.29, 1.82) is 0 Å². The highest BCUT2D eigenvalue weighted by atomic mass is 32.1. The third-order valence-corrected chi connectivity index (χ3v) is 2.73. The van der Waals surface area contributed by atoms with Gasteiger partial charge in [-0.2, -0.15) is 12.6 Å². The lowest BCUT2D eigenvalue weighted by molar-refractivity contribution is -0.139. The first kappa shape index (κ1) is 10.3. The summed E-state index contributed by atoms with van der Waals surface area (Å²) in [5, 5.41) is 0. The minimum Gasteiger partial charge on any atom is -0.340 e. The van der Waals surface area contributed by atoms with Gasteiger partial charge in [0.15, 0.2) is 5.79 Å². The molecule has 78 valence electrons. The summed E-state index contributed by atoms with van der Waals surface area (Å²) in [7, 11) is 0. The van der Waals surface area contributed by atoms with Gasteiger partial charge in [0, 0.05) is 0 Å². The van der Waals surface area contributed by atoms with E-state index >= 15 is 0 Å². The second-order valence-corrected chi connectivity index (χ2v) is 4.57. The summed E-state index contributed by atoms with van der Waals surface area (Å²) in [4.78, 5) is 0. The fourth-order valence-electron chi connectivity index (χ4n) is 1.96. The van der Waals surface area contributed by atoms with Crippen molar-refractivity contribution >= 4 is 12.6 Å². The van der Waals surface area contributed by atoms with Gasteiger partial charge in [-0.1, -0.05) is 18.2 Å². The molecule has 0 aromatic carbocycles. The summed E-state index contributed by atoms with van der Waals surface area (Å²) >= 11 is 4.24. The molecule has 0 saturated carbocycles. The van der Waals surface area contributed by atoms with Crippen LogP contribution in [0.5, 0.6) is 0 Å². The molecule has 1 saturated heterocycles. The first-order valence-electron chi connectivity index (χ1n) is 4.96. The first-order valence-corrected chi connectivity index (χ1v) is 5.59. The van der Waals surface area contributed by atoms with Crippen LogP contribution in [-0.4, -0.2) is 23.7 Å². The number of ether oxygens (including phenoxy) is 2. The first-order chi connectivity index (χ1) is 6.62. The molecule has 1 fully saturated rings. The Labute approximate surface area is 90.4 Å². The zero-order chi connectivity index (χ0) is 10.2. The molecule has 1 aliphatic carbocycles. The Bertz CT molecular complexity index is 281. The van der Waals surface area contributed by atoms with Crippen molar-refractivity contribution in [2.24, 2.45) is 0 Å². The van der Waals surface area contributed by atoms with Crippen LogP contribution in [0.3, 0.4) is 0 Å². The summed E-state index contributed by atoms with van der Waals surface area (Å²) in [5.74, 6) is 0.395. The molecule has 0 amide bonds. The molecule has 0 aromatic rings. The smallest absolute Gasteiger partial charge is 0.164 e. The van der Waals surface area contributed by atoms with Crippen LogP contribution in [0.2, 0.25) is 0 Å². The van der Waals surface area contributed by atoms with E-state index in [9.17, 15) is 0 Å². The third kappa shape index (κ3) is 1.90. The highest BCUT2D eigenvalue weighted by Crippen LogP contribution is 2.35. The molecule has 2 rings (SSSR count). The Kier molecular flexibility index (Phi) is 2.73.